The second-order valence-corrected chi connectivity index (χ2v) is 4.67. The molecule has 100 valence electrons. The van der Waals surface area contributed by atoms with Crippen LogP contribution in [0.2, 0.25) is 5.15 Å². The molecule has 0 aliphatic carbocycles. The minimum Gasteiger partial charge on any atom is -0.491 e. The van der Waals surface area contributed by atoms with Gasteiger partial charge in [0.1, 0.15) is 29.7 Å². The first-order chi connectivity index (χ1) is 9.16. The molecule has 1 N–H and O–H groups in total. The van der Waals surface area contributed by atoms with E-state index in [0.29, 0.717) is 11.8 Å². The molecule has 5 heteroatoms. The summed E-state index contributed by atoms with van der Waals surface area (Å²) in [5.41, 5.74) is 0.843. The number of benzene rings is 1. The number of ether oxygens (including phenoxy) is 1. The molecular weight excluding hydrogens is 262 g/mol. The van der Waals surface area contributed by atoms with Crippen LogP contribution in [0.25, 0.3) is 0 Å². The Labute approximate surface area is 117 Å². The van der Waals surface area contributed by atoms with Crippen molar-refractivity contribution in [3.8, 4) is 5.75 Å². The van der Waals surface area contributed by atoms with Crippen LogP contribution in [0.3, 0.4) is 0 Å². The summed E-state index contributed by atoms with van der Waals surface area (Å²) in [6, 6.07) is 9.83. The van der Waals surface area contributed by atoms with Crippen molar-refractivity contribution >= 4 is 17.4 Å². The number of anilines is 1. The molecule has 1 unspecified atom stereocenters. The van der Waals surface area contributed by atoms with Gasteiger partial charge in [0.05, 0.1) is 6.04 Å². The van der Waals surface area contributed by atoms with Crippen LogP contribution in [0.1, 0.15) is 12.5 Å². The standard InChI is InChI=1S/C14H16ClN3O/c1-10(8-19-12-6-4-3-5-7-12)18-14-11(2)13(15)16-9-17-14/h3-7,9-10H,8H2,1-2H3,(H,16,17,18). The lowest BCUT2D eigenvalue weighted by Crippen LogP contribution is -2.24. The predicted octanol–water partition coefficient (Wildman–Crippen LogP) is 3.32. The molecule has 1 aromatic heterocycles. The smallest absolute Gasteiger partial charge is 0.137 e. The highest BCUT2D eigenvalue weighted by atomic mass is 35.5. The molecule has 19 heavy (non-hydrogen) atoms. The number of hydrogen-bond acceptors (Lipinski definition) is 4. The van der Waals surface area contributed by atoms with Crippen LogP contribution in [-0.2, 0) is 0 Å². The molecule has 0 aliphatic heterocycles. The van der Waals surface area contributed by atoms with Gasteiger partial charge in [-0.3, -0.25) is 0 Å². The Morgan fingerprint density at radius 1 is 1.26 bits per heavy atom. The van der Waals surface area contributed by atoms with Gasteiger partial charge in [-0.1, -0.05) is 29.8 Å². The highest BCUT2D eigenvalue weighted by Gasteiger charge is 2.09. The summed E-state index contributed by atoms with van der Waals surface area (Å²) >= 11 is 5.95. The molecule has 0 saturated heterocycles. The fraction of sp³-hybridized carbons (Fsp3) is 0.286. The Morgan fingerprint density at radius 3 is 2.74 bits per heavy atom. The van der Waals surface area contributed by atoms with Crippen molar-refractivity contribution in [2.24, 2.45) is 0 Å². The van der Waals surface area contributed by atoms with Crippen LogP contribution >= 0.6 is 11.6 Å². The summed E-state index contributed by atoms with van der Waals surface area (Å²) in [7, 11) is 0. The predicted molar refractivity (Wildman–Crippen MR) is 76.8 cm³/mol. The highest BCUT2D eigenvalue weighted by molar-refractivity contribution is 6.30. The molecule has 4 nitrogen and oxygen atoms in total. The van der Waals surface area contributed by atoms with Gasteiger partial charge in [0.2, 0.25) is 0 Å². The lowest BCUT2D eigenvalue weighted by atomic mass is 10.3. The zero-order chi connectivity index (χ0) is 13.7. The van der Waals surface area contributed by atoms with Gasteiger partial charge in [-0.2, -0.15) is 0 Å². The fourth-order valence-corrected chi connectivity index (χ4v) is 1.72. The molecule has 0 radical (unpaired) electrons. The van der Waals surface area contributed by atoms with E-state index >= 15 is 0 Å². The molecule has 1 atom stereocenters. The number of para-hydroxylation sites is 1. The van der Waals surface area contributed by atoms with Crippen molar-refractivity contribution in [2.45, 2.75) is 19.9 Å². The summed E-state index contributed by atoms with van der Waals surface area (Å²) in [6.45, 7) is 4.46. The Morgan fingerprint density at radius 2 is 2.00 bits per heavy atom. The zero-order valence-electron chi connectivity index (χ0n) is 10.9. The van der Waals surface area contributed by atoms with Crippen LogP contribution in [0.4, 0.5) is 5.82 Å². The first-order valence-electron chi connectivity index (χ1n) is 6.08. The van der Waals surface area contributed by atoms with E-state index in [2.05, 4.69) is 15.3 Å². The van der Waals surface area contributed by atoms with Crippen molar-refractivity contribution in [1.82, 2.24) is 9.97 Å². The molecule has 0 amide bonds. The van der Waals surface area contributed by atoms with Gasteiger partial charge in [-0.25, -0.2) is 9.97 Å². The van der Waals surface area contributed by atoms with E-state index in [9.17, 15) is 0 Å². The molecule has 0 bridgehead atoms. The maximum atomic E-state index is 5.95. The van der Waals surface area contributed by atoms with E-state index in [4.69, 9.17) is 16.3 Å². The number of aromatic nitrogens is 2. The van der Waals surface area contributed by atoms with Gasteiger partial charge >= 0.3 is 0 Å². The molecule has 0 fully saturated rings. The quantitative estimate of drug-likeness (QED) is 0.852. The second kappa shape index (κ2) is 6.38. The number of rotatable bonds is 5. The summed E-state index contributed by atoms with van der Waals surface area (Å²) in [4.78, 5) is 8.10. The SMILES string of the molecule is Cc1c(Cl)ncnc1NC(C)COc1ccccc1. The average molecular weight is 278 g/mol. The van der Waals surface area contributed by atoms with Gasteiger partial charge in [0, 0.05) is 5.56 Å². The van der Waals surface area contributed by atoms with Crippen molar-refractivity contribution in [3.63, 3.8) is 0 Å². The third kappa shape index (κ3) is 3.83. The molecule has 2 aromatic rings. The fourth-order valence-electron chi connectivity index (χ4n) is 1.59. The molecular formula is C14H16ClN3O. The number of halogens is 1. The summed E-state index contributed by atoms with van der Waals surface area (Å²) in [5.74, 6) is 1.60. The van der Waals surface area contributed by atoms with Gasteiger partial charge < -0.3 is 10.1 Å². The molecule has 2 rings (SSSR count). The van der Waals surface area contributed by atoms with E-state index in [1.54, 1.807) is 0 Å². The maximum Gasteiger partial charge on any atom is 0.137 e. The lowest BCUT2D eigenvalue weighted by Gasteiger charge is -2.16. The Bertz CT molecular complexity index is 533. The third-order valence-corrected chi connectivity index (χ3v) is 3.03. The summed E-state index contributed by atoms with van der Waals surface area (Å²) in [6.07, 6.45) is 1.45. The monoisotopic (exact) mass is 277 g/mol. The molecule has 1 aromatic carbocycles. The first-order valence-corrected chi connectivity index (χ1v) is 6.46. The molecule has 0 saturated carbocycles. The van der Waals surface area contributed by atoms with Crippen molar-refractivity contribution < 1.29 is 4.74 Å². The molecule has 0 aliphatic rings. The average Bonchev–Trinajstić information content (AvgIpc) is 2.43. The number of nitrogens with one attached hydrogen (secondary N) is 1. The van der Waals surface area contributed by atoms with E-state index in [-0.39, 0.29) is 6.04 Å². The first kappa shape index (κ1) is 13.6. The third-order valence-electron chi connectivity index (χ3n) is 2.65. The maximum absolute atomic E-state index is 5.95. The minimum absolute atomic E-state index is 0.116. The normalized spacial score (nSPS) is 11.9. The highest BCUT2D eigenvalue weighted by Crippen LogP contribution is 2.18. The van der Waals surface area contributed by atoms with Crippen molar-refractivity contribution in [3.05, 3.63) is 47.4 Å². The van der Waals surface area contributed by atoms with Gasteiger partial charge in [0.25, 0.3) is 0 Å². The van der Waals surface area contributed by atoms with Crippen LogP contribution in [-0.4, -0.2) is 22.6 Å². The van der Waals surface area contributed by atoms with Crippen LogP contribution < -0.4 is 10.1 Å². The van der Waals surface area contributed by atoms with Gasteiger partial charge in [-0.05, 0) is 26.0 Å². The largest absolute Gasteiger partial charge is 0.491 e. The Hall–Kier alpha value is -1.81. The minimum atomic E-state index is 0.116. The van der Waals surface area contributed by atoms with E-state index in [1.165, 1.54) is 6.33 Å². The van der Waals surface area contributed by atoms with Crippen LogP contribution in [0.15, 0.2) is 36.7 Å². The topological polar surface area (TPSA) is 47.0 Å². The Kier molecular flexibility index (Phi) is 4.58. The molecule has 0 spiro atoms. The van der Waals surface area contributed by atoms with Crippen LogP contribution in [0, 0.1) is 6.92 Å². The number of nitrogens with zero attached hydrogens (tertiary/aromatic N) is 2. The van der Waals surface area contributed by atoms with Crippen molar-refractivity contribution in [1.29, 1.82) is 0 Å². The van der Waals surface area contributed by atoms with E-state index < -0.39 is 0 Å². The Balaban J connectivity index is 1.91. The summed E-state index contributed by atoms with van der Waals surface area (Å²) in [5, 5.41) is 3.73. The van der Waals surface area contributed by atoms with Gasteiger partial charge in [0.15, 0.2) is 0 Å². The van der Waals surface area contributed by atoms with E-state index in [0.717, 1.165) is 17.1 Å². The lowest BCUT2D eigenvalue weighted by molar-refractivity contribution is 0.303. The van der Waals surface area contributed by atoms with Gasteiger partial charge in [-0.15, -0.1) is 0 Å². The summed E-state index contributed by atoms with van der Waals surface area (Å²) < 4.78 is 5.67. The van der Waals surface area contributed by atoms with E-state index in [1.807, 2.05) is 44.2 Å². The number of hydrogen-bond donors (Lipinski definition) is 1. The van der Waals surface area contributed by atoms with Crippen molar-refractivity contribution in [2.75, 3.05) is 11.9 Å². The molecule has 1 heterocycles. The zero-order valence-corrected chi connectivity index (χ0v) is 11.7. The van der Waals surface area contributed by atoms with Crippen LogP contribution in [0.5, 0.6) is 5.75 Å². The second-order valence-electron chi connectivity index (χ2n) is 4.31.